The zero-order valence-corrected chi connectivity index (χ0v) is 12.7. The van der Waals surface area contributed by atoms with Gasteiger partial charge < -0.3 is 5.32 Å². The highest BCUT2D eigenvalue weighted by atomic mass is 16.2. The molecule has 116 valence electrons. The van der Waals surface area contributed by atoms with E-state index in [9.17, 15) is 14.4 Å². The topological polar surface area (TPSA) is 79.4 Å². The van der Waals surface area contributed by atoms with Gasteiger partial charge in [0.15, 0.2) is 0 Å². The summed E-state index contributed by atoms with van der Waals surface area (Å²) in [5.74, 6) is -0.980. The SMILES string of the molecule is Cc1ccnc(NC(=O)[C@H](C)N2C(=O)c3ccccc3C2=O)c1. The number of carbonyl (C=O) groups is 3. The highest BCUT2D eigenvalue weighted by molar-refractivity contribution is 6.23. The van der Waals surface area contributed by atoms with E-state index in [1.807, 2.05) is 13.0 Å². The van der Waals surface area contributed by atoms with E-state index < -0.39 is 23.8 Å². The van der Waals surface area contributed by atoms with Crippen LogP contribution in [-0.4, -0.2) is 33.6 Å². The van der Waals surface area contributed by atoms with Crippen molar-refractivity contribution in [3.05, 3.63) is 59.3 Å². The quantitative estimate of drug-likeness (QED) is 0.880. The molecule has 1 aromatic carbocycles. The number of amides is 3. The number of fused-ring (bicyclic) bond motifs is 1. The van der Waals surface area contributed by atoms with Crippen LogP contribution in [0.5, 0.6) is 0 Å². The van der Waals surface area contributed by atoms with Crippen LogP contribution < -0.4 is 5.32 Å². The molecule has 1 aromatic heterocycles. The van der Waals surface area contributed by atoms with Gasteiger partial charge in [0.2, 0.25) is 5.91 Å². The Kier molecular flexibility index (Phi) is 3.65. The molecule has 0 saturated heterocycles. The molecule has 0 bridgehead atoms. The molecule has 23 heavy (non-hydrogen) atoms. The summed E-state index contributed by atoms with van der Waals surface area (Å²) in [5.41, 5.74) is 1.60. The third-order valence-corrected chi connectivity index (χ3v) is 3.76. The molecule has 0 fully saturated rings. The number of hydrogen-bond acceptors (Lipinski definition) is 4. The highest BCUT2D eigenvalue weighted by Crippen LogP contribution is 2.24. The second-order valence-corrected chi connectivity index (χ2v) is 5.41. The van der Waals surface area contributed by atoms with Gasteiger partial charge in [0.1, 0.15) is 11.9 Å². The molecule has 6 heteroatoms. The second-order valence-electron chi connectivity index (χ2n) is 5.41. The van der Waals surface area contributed by atoms with Gasteiger partial charge in [-0.1, -0.05) is 12.1 Å². The number of anilines is 1. The van der Waals surface area contributed by atoms with Crippen LogP contribution in [0.25, 0.3) is 0 Å². The number of benzene rings is 1. The Morgan fingerprint density at radius 3 is 2.30 bits per heavy atom. The van der Waals surface area contributed by atoms with Crippen LogP contribution in [0, 0.1) is 6.92 Å². The first-order chi connectivity index (χ1) is 11.0. The molecule has 6 nitrogen and oxygen atoms in total. The summed E-state index contributed by atoms with van der Waals surface area (Å²) in [4.78, 5) is 42.1. The molecule has 2 aromatic rings. The van der Waals surface area contributed by atoms with E-state index in [4.69, 9.17) is 0 Å². The molecule has 1 atom stereocenters. The third kappa shape index (κ3) is 2.59. The molecule has 1 N–H and O–H groups in total. The fraction of sp³-hybridized carbons (Fsp3) is 0.176. The number of rotatable bonds is 3. The predicted octanol–water partition coefficient (Wildman–Crippen LogP) is 2.01. The third-order valence-electron chi connectivity index (χ3n) is 3.76. The number of pyridine rings is 1. The van der Waals surface area contributed by atoms with E-state index in [1.54, 1.807) is 36.5 Å². The minimum atomic E-state index is -0.926. The van der Waals surface area contributed by atoms with Gasteiger partial charge in [-0.25, -0.2) is 4.98 Å². The lowest BCUT2D eigenvalue weighted by atomic mass is 10.1. The number of nitrogens with zero attached hydrogens (tertiary/aromatic N) is 2. The highest BCUT2D eigenvalue weighted by Gasteiger charge is 2.40. The van der Waals surface area contributed by atoms with Crippen molar-refractivity contribution < 1.29 is 14.4 Å². The Labute approximate surface area is 133 Å². The van der Waals surface area contributed by atoms with Crippen molar-refractivity contribution in [3.8, 4) is 0 Å². The molecule has 3 rings (SSSR count). The molecular formula is C17H15N3O3. The summed E-state index contributed by atoms with van der Waals surface area (Å²) in [6.45, 7) is 3.40. The molecule has 1 aliphatic heterocycles. The van der Waals surface area contributed by atoms with Crippen LogP contribution in [-0.2, 0) is 4.79 Å². The van der Waals surface area contributed by atoms with Crippen molar-refractivity contribution >= 4 is 23.5 Å². The van der Waals surface area contributed by atoms with Gasteiger partial charge in [0, 0.05) is 6.20 Å². The maximum absolute atomic E-state index is 12.4. The van der Waals surface area contributed by atoms with Crippen LogP contribution >= 0.6 is 0 Å². The Morgan fingerprint density at radius 2 is 1.74 bits per heavy atom. The van der Waals surface area contributed by atoms with E-state index in [2.05, 4.69) is 10.3 Å². The average molecular weight is 309 g/mol. The monoisotopic (exact) mass is 309 g/mol. The number of hydrogen-bond donors (Lipinski definition) is 1. The molecule has 3 amide bonds. The zero-order valence-electron chi connectivity index (χ0n) is 12.7. The molecule has 2 heterocycles. The molecule has 0 unspecified atom stereocenters. The van der Waals surface area contributed by atoms with Crippen molar-refractivity contribution in [1.29, 1.82) is 0 Å². The van der Waals surface area contributed by atoms with Gasteiger partial charge in [-0.15, -0.1) is 0 Å². The van der Waals surface area contributed by atoms with Crippen molar-refractivity contribution in [2.75, 3.05) is 5.32 Å². The lowest BCUT2D eigenvalue weighted by molar-refractivity contribution is -0.119. The van der Waals surface area contributed by atoms with Crippen molar-refractivity contribution in [3.63, 3.8) is 0 Å². The first-order valence-corrected chi connectivity index (χ1v) is 7.19. The van der Waals surface area contributed by atoms with Gasteiger partial charge in [-0.2, -0.15) is 0 Å². The largest absolute Gasteiger partial charge is 0.309 e. The summed E-state index contributed by atoms with van der Waals surface area (Å²) < 4.78 is 0. The lowest BCUT2D eigenvalue weighted by Crippen LogP contribution is -2.45. The number of imide groups is 1. The Hall–Kier alpha value is -3.02. The fourth-order valence-corrected chi connectivity index (χ4v) is 2.51. The van der Waals surface area contributed by atoms with E-state index in [0.717, 1.165) is 10.5 Å². The van der Waals surface area contributed by atoms with Crippen molar-refractivity contribution in [2.24, 2.45) is 0 Å². The summed E-state index contributed by atoms with van der Waals surface area (Å²) in [6, 6.07) is 9.15. The smallest absolute Gasteiger partial charge is 0.262 e. The molecule has 0 aliphatic carbocycles. The zero-order chi connectivity index (χ0) is 16.6. The maximum atomic E-state index is 12.4. The first kappa shape index (κ1) is 14.9. The van der Waals surface area contributed by atoms with Crippen LogP contribution in [0.15, 0.2) is 42.6 Å². The van der Waals surface area contributed by atoms with E-state index in [0.29, 0.717) is 16.9 Å². The van der Waals surface area contributed by atoms with E-state index in [-0.39, 0.29) is 0 Å². The van der Waals surface area contributed by atoms with Gasteiger partial charge in [-0.3, -0.25) is 19.3 Å². The van der Waals surface area contributed by atoms with Crippen LogP contribution in [0.3, 0.4) is 0 Å². The van der Waals surface area contributed by atoms with E-state index in [1.165, 1.54) is 6.92 Å². The second kappa shape index (κ2) is 5.64. The maximum Gasteiger partial charge on any atom is 0.262 e. The Bertz CT molecular complexity index is 781. The Balaban J connectivity index is 1.81. The minimum Gasteiger partial charge on any atom is -0.309 e. The first-order valence-electron chi connectivity index (χ1n) is 7.19. The summed E-state index contributed by atoms with van der Waals surface area (Å²) in [7, 11) is 0. The molecule has 1 aliphatic rings. The van der Waals surface area contributed by atoms with Gasteiger partial charge in [-0.05, 0) is 43.7 Å². The van der Waals surface area contributed by atoms with Crippen LogP contribution in [0.4, 0.5) is 5.82 Å². The standard InChI is InChI=1S/C17H15N3O3/c1-10-7-8-18-14(9-10)19-15(21)11(2)20-16(22)12-5-3-4-6-13(12)17(20)23/h3-9,11H,1-2H3,(H,18,19,21)/t11-/m0/s1. The predicted molar refractivity (Wildman–Crippen MR) is 84.0 cm³/mol. The van der Waals surface area contributed by atoms with Gasteiger partial charge >= 0.3 is 0 Å². The average Bonchev–Trinajstić information content (AvgIpc) is 2.79. The van der Waals surface area contributed by atoms with Crippen LogP contribution in [0.2, 0.25) is 0 Å². The van der Waals surface area contributed by atoms with Crippen molar-refractivity contribution in [2.45, 2.75) is 19.9 Å². The van der Waals surface area contributed by atoms with Crippen molar-refractivity contribution in [1.82, 2.24) is 9.88 Å². The lowest BCUT2D eigenvalue weighted by Gasteiger charge is -2.21. The fourth-order valence-electron chi connectivity index (χ4n) is 2.51. The normalized spacial score (nSPS) is 14.6. The summed E-state index contributed by atoms with van der Waals surface area (Å²) >= 11 is 0. The molecule has 0 radical (unpaired) electrons. The van der Waals surface area contributed by atoms with Gasteiger partial charge in [0.25, 0.3) is 11.8 Å². The Morgan fingerprint density at radius 1 is 1.13 bits per heavy atom. The number of aromatic nitrogens is 1. The minimum absolute atomic E-state index is 0.325. The number of carbonyl (C=O) groups excluding carboxylic acids is 3. The summed E-state index contributed by atoms with van der Waals surface area (Å²) in [6.07, 6.45) is 1.58. The van der Waals surface area contributed by atoms with Crippen LogP contribution in [0.1, 0.15) is 33.2 Å². The molecule has 0 saturated carbocycles. The number of aryl methyl sites for hydroxylation is 1. The molecule has 0 spiro atoms. The summed E-state index contributed by atoms with van der Waals surface area (Å²) in [5, 5.41) is 2.63. The van der Waals surface area contributed by atoms with E-state index >= 15 is 0 Å². The molecular weight excluding hydrogens is 294 g/mol. The van der Waals surface area contributed by atoms with Gasteiger partial charge in [0.05, 0.1) is 11.1 Å². The number of nitrogens with one attached hydrogen (secondary N) is 1.